The van der Waals surface area contributed by atoms with E-state index in [2.05, 4.69) is 4.98 Å². The molecule has 4 nitrogen and oxygen atoms in total. The molecule has 0 fully saturated rings. The summed E-state index contributed by atoms with van der Waals surface area (Å²) in [4.78, 5) is 17.5. The van der Waals surface area contributed by atoms with E-state index in [-0.39, 0.29) is 5.91 Å². The van der Waals surface area contributed by atoms with E-state index in [9.17, 15) is 4.79 Å². The molecule has 0 atom stereocenters. The third-order valence-corrected chi connectivity index (χ3v) is 3.56. The zero-order valence-electron chi connectivity index (χ0n) is 12.0. The van der Waals surface area contributed by atoms with Gasteiger partial charge < -0.3 is 14.6 Å². The van der Waals surface area contributed by atoms with Crippen molar-refractivity contribution in [1.29, 1.82) is 0 Å². The third-order valence-electron chi connectivity index (χ3n) is 3.56. The van der Waals surface area contributed by atoms with Gasteiger partial charge in [-0.2, -0.15) is 0 Å². The molecule has 3 aromatic rings. The normalized spacial score (nSPS) is 10.6. The number of benzene rings is 2. The molecule has 4 heteroatoms. The Hall–Kier alpha value is -2.75. The molecule has 0 aliphatic carbocycles. The summed E-state index contributed by atoms with van der Waals surface area (Å²) in [6.45, 7) is 0. The summed E-state index contributed by atoms with van der Waals surface area (Å²) < 4.78 is 5.20. The molecule has 0 bridgehead atoms. The van der Waals surface area contributed by atoms with E-state index in [1.807, 2.05) is 54.7 Å². The van der Waals surface area contributed by atoms with Crippen molar-refractivity contribution in [3.8, 4) is 5.75 Å². The van der Waals surface area contributed by atoms with Gasteiger partial charge in [-0.15, -0.1) is 0 Å². The van der Waals surface area contributed by atoms with E-state index in [0.717, 1.165) is 22.3 Å². The Balaban J connectivity index is 1.99. The number of ether oxygens (including phenoxy) is 1. The largest absolute Gasteiger partial charge is 0.497 e. The van der Waals surface area contributed by atoms with E-state index >= 15 is 0 Å². The number of hydrogen-bond donors (Lipinski definition) is 1. The van der Waals surface area contributed by atoms with Crippen LogP contribution in [0.25, 0.3) is 10.9 Å². The lowest BCUT2D eigenvalue weighted by atomic mass is 10.1. The van der Waals surface area contributed by atoms with E-state index in [4.69, 9.17) is 4.74 Å². The maximum Gasteiger partial charge on any atom is 0.260 e. The minimum Gasteiger partial charge on any atom is -0.497 e. The zero-order chi connectivity index (χ0) is 14.8. The fraction of sp³-hybridized carbons (Fsp3) is 0.118. The molecule has 106 valence electrons. The van der Waals surface area contributed by atoms with Crippen molar-refractivity contribution >= 4 is 22.5 Å². The predicted octanol–water partition coefficient (Wildman–Crippen LogP) is 3.45. The lowest BCUT2D eigenvalue weighted by Crippen LogP contribution is -2.26. The quantitative estimate of drug-likeness (QED) is 0.798. The highest BCUT2D eigenvalue weighted by molar-refractivity contribution is 6.13. The highest BCUT2D eigenvalue weighted by Gasteiger charge is 2.17. The number of carbonyl (C=O) groups excluding carboxylic acids is 1. The molecule has 21 heavy (non-hydrogen) atoms. The van der Waals surface area contributed by atoms with Gasteiger partial charge in [0.1, 0.15) is 5.75 Å². The van der Waals surface area contributed by atoms with Crippen LogP contribution in [0.4, 0.5) is 5.69 Å². The molecule has 1 aromatic heterocycles. The molecule has 1 N–H and O–H groups in total. The monoisotopic (exact) mass is 280 g/mol. The van der Waals surface area contributed by atoms with Crippen molar-refractivity contribution in [2.24, 2.45) is 0 Å². The van der Waals surface area contributed by atoms with Crippen molar-refractivity contribution in [3.05, 3.63) is 60.3 Å². The van der Waals surface area contributed by atoms with Crippen molar-refractivity contribution in [2.45, 2.75) is 0 Å². The Morgan fingerprint density at radius 3 is 2.76 bits per heavy atom. The van der Waals surface area contributed by atoms with Gasteiger partial charge >= 0.3 is 0 Å². The number of carbonyl (C=O) groups is 1. The summed E-state index contributed by atoms with van der Waals surface area (Å²) in [7, 11) is 3.37. The van der Waals surface area contributed by atoms with Crippen LogP contribution in [-0.2, 0) is 0 Å². The third kappa shape index (κ3) is 2.36. The number of fused-ring (bicyclic) bond motifs is 1. The van der Waals surface area contributed by atoms with E-state index in [1.54, 1.807) is 19.1 Å². The van der Waals surface area contributed by atoms with Gasteiger partial charge in [-0.1, -0.05) is 18.2 Å². The van der Waals surface area contributed by atoms with E-state index in [1.165, 1.54) is 0 Å². The number of methoxy groups -OCH3 is 1. The molecule has 0 saturated carbocycles. The van der Waals surface area contributed by atoms with Gasteiger partial charge in [0, 0.05) is 30.4 Å². The topological polar surface area (TPSA) is 45.3 Å². The average molecular weight is 280 g/mol. The number of para-hydroxylation sites is 1. The molecule has 2 aromatic carbocycles. The Morgan fingerprint density at radius 1 is 1.14 bits per heavy atom. The molecule has 0 aliphatic heterocycles. The fourth-order valence-corrected chi connectivity index (χ4v) is 2.38. The number of amides is 1. The molecule has 1 amide bonds. The van der Waals surface area contributed by atoms with Crippen LogP contribution in [0.15, 0.2) is 54.7 Å². The van der Waals surface area contributed by atoms with Crippen LogP contribution >= 0.6 is 0 Å². The lowest BCUT2D eigenvalue weighted by molar-refractivity contribution is 0.0994. The highest BCUT2D eigenvalue weighted by Crippen LogP contribution is 2.24. The number of aromatic amines is 1. The summed E-state index contributed by atoms with van der Waals surface area (Å²) in [6.07, 6.45) is 1.84. The molecule has 0 aliphatic rings. The molecular weight excluding hydrogens is 264 g/mol. The van der Waals surface area contributed by atoms with Gasteiger partial charge in [0.25, 0.3) is 5.91 Å². The van der Waals surface area contributed by atoms with Crippen LogP contribution < -0.4 is 9.64 Å². The number of aromatic nitrogens is 1. The molecule has 0 unspecified atom stereocenters. The van der Waals surface area contributed by atoms with Crippen molar-refractivity contribution in [2.75, 3.05) is 19.1 Å². The average Bonchev–Trinajstić information content (AvgIpc) is 3.02. The smallest absolute Gasteiger partial charge is 0.260 e. The first-order valence-corrected chi connectivity index (χ1v) is 6.69. The van der Waals surface area contributed by atoms with Gasteiger partial charge in [-0.25, -0.2) is 0 Å². The maximum atomic E-state index is 12.7. The minimum atomic E-state index is -0.0590. The molecule has 3 rings (SSSR count). The minimum absolute atomic E-state index is 0.0590. The van der Waals surface area contributed by atoms with Crippen LogP contribution in [-0.4, -0.2) is 25.0 Å². The van der Waals surface area contributed by atoms with Crippen LogP contribution in [0.3, 0.4) is 0 Å². The van der Waals surface area contributed by atoms with Crippen molar-refractivity contribution in [3.63, 3.8) is 0 Å². The zero-order valence-corrected chi connectivity index (χ0v) is 12.0. The van der Waals surface area contributed by atoms with Gasteiger partial charge in [0.15, 0.2) is 0 Å². The summed E-state index contributed by atoms with van der Waals surface area (Å²) in [5.74, 6) is 0.668. The van der Waals surface area contributed by atoms with Crippen LogP contribution in [0.5, 0.6) is 5.75 Å². The van der Waals surface area contributed by atoms with Crippen LogP contribution in [0.1, 0.15) is 10.4 Å². The van der Waals surface area contributed by atoms with Gasteiger partial charge in [0.05, 0.1) is 18.2 Å². The van der Waals surface area contributed by atoms with E-state index < -0.39 is 0 Å². The van der Waals surface area contributed by atoms with E-state index in [0.29, 0.717) is 5.56 Å². The first-order valence-electron chi connectivity index (χ1n) is 6.69. The second kappa shape index (κ2) is 5.32. The number of anilines is 1. The first kappa shape index (κ1) is 13.2. The number of hydrogen-bond acceptors (Lipinski definition) is 2. The molecule has 0 saturated heterocycles. The summed E-state index contributed by atoms with van der Waals surface area (Å²) in [6, 6.07) is 15.1. The van der Waals surface area contributed by atoms with Crippen LogP contribution in [0.2, 0.25) is 0 Å². The molecule has 0 spiro atoms. The predicted molar refractivity (Wildman–Crippen MR) is 84.0 cm³/mol. The van der Waals surface area contributed by atoms with Crippen LogP contribution in [0, 0.1) is 0 Å². The first-order chi connectivity index (χ1) is 10.2. The van der Waals surface area contributed by atoms with Gasteiger partial charge in [0.2, 0.25) is 0 Å². The fourth-order valence-electron chi connectivity index (χ4n) is 2.38. The highest BCUT2D eigenvalue weighted by atomic mass is 16.5. The Bertz CT molecular complexity index is 792. The second-order valence-electron chi connectivity index (χ2n) is 4.81. The SMILES string of the molecule is COc1cccc(N(C)C(=O)c2cccc3cc[nH]c23)c1. The van der Waals surface area contributed by atoms with Crippen molar-refractivity contribution < 1.29 is 9.53 Å². The Kier molecular flexibility index (Phi) is 3.36. The Labute approximate surface area is 123 Å². The second-order valence-corrected chi connectivity index (χ2v) is 4.81. The summed E-state index contributed by atoms with van der Waals surface area (Å²) in [5.41, 5.74) is 2.31. The standard InChI is InChI=1S/C17H16N2O2/c1-19(13-6-4-7-14(11-13)21-2)17(20)15-8-3-5-12-9-10-18-16(12)15/h3-11,18H,1-2H3. The van der Waals surface area contributed by atoms with Gasteiger partial charge in [-0.3, -0.25) is 4.79 Å². The molecule has 1 heterocycles. The summed E-state index contributed by atoms with van der Waals surface area (Å²) >= 11 is 0. The Morgan fingerprint density at radius 2 is 1.95 bits per heavy atom. The lowest BCUT2D eigenvalue weighted by Gasteiger charge is -2.18. The van der Waals surface area contributed by atoms with Crippen molar-refractivity contribution in [1.82, 2.24) is 4.98 Å². The molecular formula is C17H16N2O2. The number of nitrogens with one attached hydrogen (secondary N) is 1. The summed E-state index contributed by atoms with van der Waals surface area (Å²) in [5, 5.41) is 1.03. The number of nitrogens with zero attached hydrogens (tertiary/aromatic N) is 1. The number of rotatable bonds is 3. The molecule has 0 radical (unpaired) electrons. The van der Waals surface area contributed by atoms with Gasteiger partial charge in [-0.05, 0) is 24.3 Å². The maximum absolute atomic E-state index is 12.7. The number of H-pyrrole nitrogens is 1.